The Kier molecular flexibility index (Phi) is 9.14. The minimum Gasteiger partial charge on any atom is -0.284 e. The summed E-state index contributed by atoms with van der Waals surface area (Å²) in [4.78, 5) is 0. The van der Waals surface area contributed by atoms with Crippen LogP contribution in [-0.4, -0.2) is 33.2 Å². The largest absolute Gasteiger partial charge is 0.301 e. The van der Waals surface area contributed by atoms with E-state index < -0.39 is 11.4 Å². The molecule has 0 spiro atoms. The van der Waals surface area contributed by atoms with Crippen LogP contribution in [-0.2, 0) is 15.5 Å². The lowest BCUT2D eigenvalue weighted by molar-refractivity contribution is 0.379. The molecule has 0 aromatic rings. The van der Waals surface area contributed by atoms with Crippen molar-refractivity contribution < 1.29 is 12.9 Å². The molecular weight excluding hydrogens is 119 g/mol. The van der Waals surface area contributed by atoms with Gasteiger partial charge in [-0.1, -0.05) is 0 Å². The van der Waals surface area contributed by atoms with Gasteiger partial charge in [0.2, 0.25) is 0 Å². The van der Waals surface area contributed by atoms with Crippen LogP contribution in [0.5, 0.6) is 0 Å². The molecule has 1 N–H and O–H groups in total. The zero-order chi connectivity index (χ0) is 4.28. The molecule has 1 atom stereocenters. The van der Waals surface area contributed by atoms with E-state index in [0.717, 1.165) is 7.11 Å². The van der Waals surface area contributed by atoms with Gasteiger partial charge in [0.25, 0.3) is 0 Å². The fraction of sp³-hybridized carbons (Fsp3) is 1.00. The van der Waals surface area contributed by atoms with Crippen LogP contribution in [0.2, 0.25) is 0 Å². The van der Waals surface area contributed by atoms with Crippen LogP contribution >= 0.6 is 0 Å². The summed E-state index contributed by atoms with van der Waals surface area (Å²) >= 11 is -2.07. The van der Waals surface area contributed by atoms with Gasteiger partial charge in [0.1, 0.15) is 0 Å². The maximum absolute atomic E-state index is 9.26. The Labute approximate surface area is 49.3 Å². The molecule has 0 aromatic heterocycles. The average Bonchev–Trinajstić information content (AvgIpc) is 1.38. The first-order chi connectivity index (χ1) is 2.27. The Balaban J connectivity index is 0. The zero-order valence-electron chi connectivity index (χ0n) is 2.67. The van der Waals surface area contributed by atoms with E-state index in [-0.39, 0.29) is 17.4 Å². The minimum absolute atomic E-state index is 0. The fourth-order valence-corrected chi connectivity index (χ4v) is 0. The summed E-state index contributed by atoms with van der Waals surface area (Å²) in [5.74, 6) is 0. The summed E-state index contributed by atoms with van der Waals surface area (Å²) in [5, 5.41) is 0. The van der Waals surface area contributed by atoms with Crippen molar-refractivity contribution in [1.82, 2.24) is 0 Å². The van der Waals surface area contributed by atoms with Crippen LogP contribution in [0.25, 0.3) is 0 Å². The van der Waals surface area contributed by atoms with Crippen molar-refractivity contribution in [3.8, 4) is 0 Å². The van der Waals surface area contributed by atoms with Gasteiger partial charge in [0, 0.05) is 0 Å². The van der Waals surface area contributed by atoms with Crippen LogP contribution in [0.15, 0.2) is 0 Å². The van der Waals surface area contributed by atoms with Crippen molar-refractivity contribution in [2.75, 3.05) is 7.11 Å². The lowest BCUT2D eigenvalue weighted by Crippen LogP contribution is -1.84. The molecule has 6 heavy (non-hydrogen) atoms. The third-order valence-electron chi connectivity index (χ3n) is 0.143. The smallest absolute Gasteiger partial charge is 0.284 e. The van der Waals surface area contributed by atoms with Gasteiger partial charge in [-0.25, -0.2) is 0 Å². The normalized spacial score (nSPS) is 12.3. The number of hydrogen-bond donors (Lipinski definition) is 1. The quantitative estimate of drug-likeness (QED) is 0.346. The molecule has 0 rings (SSSR count). The Morgan fingerprint density at radius 2 is 2.00 bits per heavy atom. The lowest BCUT2D eigenvalue weighted by Gasteiger charge is -1.76. The second-order valence-corrected chi connectivity index (χ2v) is 1.15. The molecule has 5 heteroatoms. The van der Waals surface area contributed by atoms with Gasteiger partial charge in [0.05, 0.1) is 7.11 Å². The maximum Gasteiger partial charge on any atom is 0.301 e. The number of rotatable bonds is 1. The molecule has 0 amide bonds. The van der Waals surface area contributed by atoms with Gasteiger partial charge in [0.15, 0.2) is 17.4 Å². The Bertz CT molecular complexity index is 46.1. The number of hydrogen-bond acceptors (Lipinski definition) is 2. The van der Waals surface area contributed by atoms with Crippen molar-refractivity contribution in [3.05, 3.63) is 0 Å². The van der Waals surface area contributed by atoms with Crippen LogP contribution in [0.4, 0.5) is 0 Å². The minimum atomic E-state index is -2.07. The first-order valence-electron chi connectivity index (χ1n) is 0.924. The van der Waals surface area contributed by atoms with E-state index in [9.17, 15) is 4.21 Å². The van der Waals surface area contributed by atoms with E-state index >= 15 is 0 Å². The molecule has 1 unspecified atom stereocenters. The van der Waals surface area contributed by atoms with Crippen molar-refractivity contribution in [3.63, 3.8) is 0 Å². The van der Waals surface area contributed by atoms with Crippen molar-refractivity contribution in [2.24, 2.45) is 0 Å². The molecule has 0 fully saturated rings. The second-order valence-electron chi connectivity index (χ2n) is 0.384. The SMILES string of the molecule is COS(=O)O.[AlH3]. The summed E-state index contributed by atoms with van der Waals surface area (Å²) in [6, 6.07) is 0. The predicted molar refractivity (Wildman–Crippen MR) is 27.7 cm³/mol. The molecule has 0 aliphatic heterocycles. The molecule has 0 saturated carbocycles. The topological polar surface area (TPSA) is 46.5 Å². The predicted octanol–water partition coefficient (Wildman–Crippen LogP) is -1.41. The fourth-order valence-electron chi connectivity index (χ4n) is 0. The van der Waals surface area contributed by atoms with Crippen LogP contribution in [0.1, 0.15) is 0 Å². The highest BCUT2D eigenvalue weighted by Crippen LogP contribution is 1.64. The molecule has 38 valence electrons. The van der Waals surface area contributed by atoms with Gasteiger partial charge in [-0.3, -0.25) is 8.74 Å². The Morgan fingerprint density at radius 1 is 1.83 bits per heavy atom. The molecule has 0 bridgehead atoms. The van der Waals surface area contributed by atoms with Gasteiger partial charge < -0.3 is 0 Å². The third-order valence-corrected chi connectivity index (χ3v) is 0.428. The summed E-state index contributed by atoms with van der Waals surface area (Å²) in [7, 11) is 1.15. The summed E-state index contributed by atoms with van der Waals surface area (Å²) < 4.78 is 20.6. The van der Waals surface area contributed by atoms with Gasteiger partial charge in [-0.05, 0) is 0 Å². The zero-order valence-corrected chi connectivity index (χ0v) is 3.49. The molecule has 0 radical (unpaired) electrons. The monoisotopic (exact) mass is 126 g/mol. The van der Waals surface area contributed by atoms with E-state index in [1.54, 1.807) is 0 Å². The summed E-state index contributed by atoms with van der Waals surface area (Å²) in [5.41, 5.74) is 0. The van der Waals surface area contributed by atoms with E-state index in [2.05, 4.69) is 4.18 Å². The molecular formula is CH7AlO3S. The van der Waals surface area contributed by atoms with Crippen molar-refractivity contribution >= 4 is 28.7 Å². The molecule has 0 aliphatic carbocycles. The average molecular weight is 126 g/mol. The van der Waals surface area contributed by atoms with E-state index in [1.165, 1.54) is 0 Å². The highest BCUT2D eigenvalue weighted by atomic mass is 32.2. The van der Waals surface area contributed by atoms with Gasteiger partial charge in [-0.2, -0.15) is 4.21 Å². The maximum atomic E-state index is 9.26. The molecule has 0 aromatic carbocycles. The molecule has 0 heterocycles. The third kappa shape index (κ3) is 8.82. The van der Waals surface area contributed by atoms with E-state index in [0.29, 0.717) is 0 Å². The lowest BCUT2D eigenvalue weighted by atomic mass is 11.8. The second kappa shape index (κ2) is 5.60. The van der Waals surface area contributed by atoms with Crippen LogP contribution < -0.4 is 0 Å². The van der Waals surface area contributed by atoms with Crippen LogP contribution in [0.3, 0.4) is 0 Å². The van der Waals surface area contributed by atoms with E-state index in [1.807, 2.05) is 0 Å². The molecule has 3 nitrogen and oxygen atoms in total. The van der Waals surface area contributed by atoms with Gasteiger partial charge >= 0.3 is 11.4 Å². The van der Waals surface area contributed by atoms with Gasteiger partial charge in [-0.15, -0.1) is 0 Å². The summed E-state index contributed by atoms with van der Waals surface area (Å²) in [6.45, 7) is 0. The highest BCUT2D eigenvalue weighted by molar-refractivity contribution is 7.74. The Hall–Kier alpha value is 0.602. The summed E-state index contributed by atoms with van der Waals surface area (Å²) in [6.07, 6.45) is 0. The highest BCUT2D eigenvalue weighted by Gasteiger charge is 1.75. The Morgan fingerprint density at radius 3 is 2.00 bits per heavy atom. The first-order valence-corrected chi connectivity index (χ1v) is 1.96. The van der Waals surface area contributed by atoms with E-state index in [4.69, 9.17) is 4.55 Å². The van der Waals surface area contributed by atoms with Crippen molar-refractivity contribution in [2.45, 2.75) is 0 Å². The first kappa shape index (κ1) is 9.78. The molecule has 0 saturated heterocycles. The standard InChI is InChI=1S/CH4O3S.Al.3H/c1-4-5(2)3;;;;/h1H3,(H,2,3);;;;. The van der Waals surface area contributed by atoms with Crippen LogP contribution in [0, 0.1) is 0 Å². The van der Waals surface area contributed by atoms with Crippen molar-refractivity contribution in [1.29, 1.82) is 0 Å². The molecule has 0 aliphatic rings.